The number of carbonyl (C=O) groups is 2. The second kappa shape index (κ2) is 10.1. The Labute approximate surface area is 179 Å². The summed E-state index contributed by atoms with van der Waals surface area (Å²) in [5.74, 6) is -0.116. The van der Waals surface area contributed by atoms with Crippen molar-refractivity contribution in [3.63, 3.8) is 0 Å². The van der Waals surface area contributed by atoms with Crippen LogP contribution in [0.25, 0.3) is 10.9 Å². The summed E-state index contributed by atoms with van der Waals surface area (Å²) in [4.78, 5) is 29.3. The maximum atomic E-state index is 12.4. The molecular weight excluding hydrogens is 380 g/mol. The molecule has 0 spiro atoms. The molecule has 0 bridgehead atoms. The van der Waals surface area contributed by atoms with Crippen LogP contribution in [-0.2, 0) is 14.3 Å². The third kappa shape index (κ3) is 6.77. The van der Waals surface area contributed by atoms with Crippen molar-refractivity contribution < 1.29 is 19.1 Å². The van der Waals surface area contributed by atoms with Crippen LogP contribution in [0, 0.1) is 12.5 Å². The Bertz CT molecular complexity index is 835. The number of nitrogens with zero attached hydrogens (tertiary/aromatic N) is 2. The fraction of sp³-hybridized carbons (Fsp3) is 0.458. The number of benzene rings is 1. The Morgan fingerprint density at radius 3 is 2.27 bits per heavy atom. The number of carbonyl (C=O) groups excluding carboxylic acids is 2. The SMILES string of the molecule is [C-]#[N+]C(=Cc1ccc(N(C)C(=O)OC(C)(C)C)cc1)C(=O)OC1CCC(C=C)CC1. The predicted molar refractivity (Wildman–Crippen MR) is 118 cm³/mol. The van der Waals surface area contributed by atoms with Gasteiger partial charge in [0.15, 0.2) is 0 Å². The van der Waals surface area contributed by atoms with E-state index in [-0.39, 0.29) is 11.8 Å². The standard InChI is InChI=1S/C24H30N2O4/c1-7-17-10-14-20(15-11-17)29-22(27)21(25-5)16-18-8-12-19(13-9-18)26(6)23(28)30-24(2,3)4/h7-9,12-13,16-17,20H,1,10-11,14-15H2,2-4,6H3. The van der Waals surface area contributed by atoms with E-state index in [0.717, 1.165) is 25.7 Å². The summed E-state index contributed by atoms with van der Waals surface area (Å²) >= 11 is 0. The fourth-order valence-electron chi connectivity index (χ4n) is 3.18. The monoisotopic (exact) mass is 410 g/mol. The molecule has 1 aliphatic rings. The summed E-state index contributed by atoms with van der Waals surface area (Å²) in [5, 5.41) is 0. The van der Waals surface area contributed by atoms with Gasteiger partial charge in [0.25, 0.3) is 5.70 Å². The third-order valence-corrected chi connectivity index (χ3v) is 4.91. The van der Waals surface area contributed by atoms with Crippen LogP contribution in [0.5, 0.6) is 0 Å². The van der Waals surface area contributed by atoms with Crippen LogP contribution in [0.3, 0.4) is 0 Å². The quantitative estimate of drug-likeness (QED) is 0.274. The molecule has 0 atom stereocenters. The molecule has 6 heteroatoms. The molecule has 160 valence electrons. The first-order valence-corrected chi connectivity index (χ1v) is 10.1. The first-order chi connectivity index (χ1) is 14.1. The molecule has 1 saturated carbocycles. The first-order valence-electron chi connectivity index (χ1n) is 10.1. The third-order valence-electron chi connectivity index (χ3n) is 4.91. The van der Waals surface area contributed by atoms with Crippen molar-refractivity contribution in [3.05, 3.63) is 59.6 Å². The van der Waals surface area contributed by atoms with Gasteiger partial charge >= 0.3 is 12.1 Å². The molecule has 1 aromatic carbocycles. The lowest BCUT2D eigenvalue weighted by atomic mass is 9.87. The van der Waals surface area contributed by atoms with Crippen LogP contribution in [-0.4, -0.2) is 30.8 Å². The average molecular weight is 411 g/mol. The van der Waals surface area contributed by atoms with Crippen LogP contribution in [0.4, 0.5) is 10.5 Å². The molecule has 6 nitrogen and oxygen atoms in total. The molecule has 2 rings (SSSR count). The summed E-state index contributed by atoms with van der Waals surface area (Å²) in [5.41, 5.74) is 0.681. The Kier molecular flexibility index (Phi) is 7.82. The van der Waals surface area contributed by atoms with Crippen LogP contribution in [0.15, 0.2) is 42.6 Å². The molecule has 0 N–H and O–H groups in total. The molecule has 0 saturated heterocycles. The van der Waals surface area contributed by atoms with Crippen LogP contribution in [0.1, 0.15) is 52.0 Å². The fourth-order valence-corrected chi connectivity index (χ4v) is 3.18. The van der Waals surface area contributed by atoms with Crippen LogP contribution >= 0.6 is 0 Å². The molecule has 1 amide bonds. The zero-order chi connectivity index (χ0) is 22.3. The second-order valence-electron chi connectivity index (χ2n) is 8.45. The second-order valence-corrected chi connectivity index (χ2v) is 8.45. The van der Waals surface area contributed by atoms with E-state index in [1.807, 2.05) is 26.8 Å². The van der Waals surface area contributed by atoms with Crippen molar-refractivity contribution in [2.24, 2.45) is 5.92 Å². The van der Waals surface area contributed by atoms with Gasteiger partial charge in [-0.3, -0.25) is 9.69 Å². The van der Waals surface area contributed by atoms with Crippen molar-refractivity contribution >= 4 is 23.8 Å². The molecule has 1 aromatic rings. The minimum atomic E-state index is -0.595. The Hall–Kier alpha value is -3.07. The van der Waals surface area contributed by atoms with E-state index in [0.29, 0.717) is 17.2 Å². The van der Waals surface area contributed by atoms with Gasteiger partial charge in [-0.25, -0.2) is 9.64 Å². The van der Waals surface area contributed by atoms with Gasteiger partial charge in [-0.2, -0.15) is 0 Å². The van der Waals surface area contributed by atoms with Gasteiger partial charge in [-0.15, -0.1) is 6.58 Å². The number of hydrogen-bond acceptors (Lipinski definition) is 4. The van der Waals surface area contributed by atoms with Gasteiger partial charge in [0.2, 0.25) is 0 Å². The molecular formula is C24H30N2O4. The van der Waals surface area contributed by atoms with E-state index in [2.05, 4.69) is 11.4 Å². The summed E-state index contributed by atoms with van der Waals surface area (Å²) in [7, 11) is 1.63. The van der Waals surface area contributed by atoms with Crippen molar-refractivity contribution in [2.45, 2.75) is 58.2 Å². The summed E-state index contributed by atoms with van der Waals surface area (Å²) < 4.78 is 10.9. The van der Waals surface area contributed by atoms with Crippen molar-refractivity contribution in [3.8, 4) is 0 Å². The number of hydrogen-bond donors (Lipinski definition) is 0. The highest BCUT2D eigenvalue weighted by Crippen LogP contribution is 2.27. The first kappa shape index (κ1) is 23.2. The highest BCUT2D eigenvalue weighted by molar-refractivity contribution is 5.96. The number of amides is 1. The molecule has 1 aliphatic carbocycles. The maximum absolute atomic E-state index is 12.4. The van der Waals surface area contributed by atoms with Crippen molar-refractivity contribution in [1.29, 1.82) is 0 Å². The molecule has 0 aliphatic heterocycles. The lowest BCUT2D eigenvalue weighted by Crippen LogP contribution is -2.34. The Morgan fingerprint density at radius 2 is 1.77 bits per heavy atom. The normalized spacial score (nSPS) is 19.4. The van der Waals surface area contributed by atoms with Gasteiger partial charge in [-0.05, 0) is 76.1 Å². The van der Waals surface area contributed by atoms with Crippen molar-refractivity contribution in [2.75, 3.05) is 11.9 Å². The van der Waals surface area contributed by atoms with Gasteiger partial charge in [-0.1, -0.05) is 18.2 Å². The van der Waals surface area contributed by atoms with Crippen LogP contribution in [0.2, 0.25) is 0 Å². The smallest absolute Gasteiger partial charge is 0.414 e. The number of rotatable bonds is 5. The summed E-state index contributed by atoms with van der Waals surface area (Å²) in [6.07, 6.45) is 6.33. The zero-order valence-corrected chi connectivity index (χ0v) is 18.2. The molecule has 1 fully saturated rings. The maximum Gasteiger partial charge on any atom is 0.414 e. The summed E-state index contributed by atoms with van der Waals surface area (Å²) in [6.45, 7) is 16.6. The predicted octanol–water partition coefficient (Wildman–Crippen LogP) is 5.61. The summed E-state index contributed by atoms with van der Waals surface area (Å²) in [6, 6.07) is 6.95. The Morgan fingerprint density at radius 1 is 1.17 bits per heavy atom. The van der Waals surface area contributed by atoms with E-state index >= 15 is 0 Å². The molecule has 0 unspecified atom stereocenters. The highest BCUT2D eigenvalue weighted by atomic mass is 16.6. The van der Waals surface area contributed by atoms with Gasteiger partial charge in [0.1, 0.15) is 11.7 Å². The molecule has 0 radical (unpaired) electrons. The van der Waals surface area contributed by atoms with E-state index in [1.165, 1.54) is 11.0 Å². The Balaban J connectivity index is 2.02. The van der Waals surface area contributed by atoms with E-state index < -0.39 is 17.7 Å². The van der Waals surface area contributed by atoms with Gasteiger partial charge in [0, 0.05) is 12.7 Å². The minimum Gasteiger partial charge on any atom is -0.467 e. The van der Waals surface area contributed by atoms with E-state index in [1.54, 1.807) is 31.3 Å². The lowest BCUT2D eigenvalue weighted by Gasteiger charge is -2.26. The number of esters is 1. The molecule has 0 aromatic heterocycles. The average Bonchev–Trinajstić information content (AvgIpc) is 2.71. The van der Waals surface area contributed by atoms with Crippen LogP contribution < -0.4 is 4.90 Å². The molecule has 30 heavy (non-hydrogen) atoms. The number of anilines is 1. The van der Waals surface area contributed by atoms with E-state index in [4.69, 9.17) is 16.0 Å². The minimum absolute atomic E-state index is 0.0610. The largest absolute Gasteiger partial charge is 0.467 e. The lowest BCUT2D eigenvalue weighted by molar-refractivity contribution is -0.145. The van der Waals surface area contributed by atoms with Gasteiger partial charge in [0.05, 0.1) is 6.57 Å². The van der Waals surface area contributed by atoms with Gasteiger partial charge < -0.3 is 9.47 Å². The number of ether oxygens (including phenoxy) is 2. The topological polar surface area (TPSA) is 60.2 Å². The molecule has 0 heterocycles. The zero-order valence-electron chi connectivity index (χ0n) is 18.2. The highest BCUT2D eigenvalue weighted by Gasteiger charge is 2.24. The van der Waals surface area contributed by atoms with Crippen molar-refractivity contribution in [1.82, 2.24) is 0 Å². The van der Waals surface area contributed by atoms with E-state index in [9.17, 15) is 9.59 Å². The number of allylic oxidation sites excluding steroid dienone is 1.